The van der Waals surface area contributed by atoms with E-state index in [0.29, 0.717) is 33.0 Å². The molecular formula is C26H18BrFN2O6S. The summed E-state index contributed by atoms with van der Waals surface area (Å²) >= 11 is 8.61. The Morgan fingerprint density at radius 2 is 1.92 bits per heavy atom. The van der Waals surface area contributed by atoms with Gasteiger partial charge in [0.15, 0.2) is 28.1 Å². The summed E-state index contributed by atoms with van der Waals surface area (Å²) in [6.07, 6.45) is 1.38. The molecule has 0 atom stereocenters. The van der Waals surface area contributed by atoms with Crippen molar-refractivity contribution in [2.24, 2.45) is 0 Å². The van der Waals surface area contributed by atoms with Gasteiger partial charge >= 0.3 is 0 Å². The summed E-state index contributed by atoms with van der Waals surface area (Å²) < 4.78 is 37.1. The normalized spacial score (nSPS) is 15.7. The predicted octanol–water partition coefficient (Wildman–Crippen LogP) is 4.74. The number of nitrogens with zero attached hydrogens (tertiary/aromatic N) is 1. The van der Waals surface area contributed by atoms with Gasteiger partial charge in [0.1, 0.15) is 18.0 Å². The quantitative estimate of drug-likeness (QED) is 0.254. The molecule has 0 aromatic heterocycles. The largest absolute Gasteiger partial charge is 0.493 e. The molecule has 188 valence electrons. The molecule has 0 radical (unpaired) electrons. The molecule has 0 spiro atoms. The van der Waals surface area contributed by atoms with Gasteiger partial charge in [-0.1, -0.05) is 18.2 Å². The Hall–Kier alpha value is -3.96. The highest BCUT2D eigenvalue weighted by molar-refractivity contribution is 9.10. The fraction of sp³-hybridized carbons (Fsp3) is 0.115. The fourth-order valence-corrected chi connectivity index (χ4v) is 4.67. The lowest BCUT2D eigenvalue weighted by molar-refractivity contribution is -0.122. The highest BCUT2D eigenvalue weighted by Gasteiger charge is 2.35. The Kier molecular flexibility index (Phi) is 6.81. The van der Waals surface area contributed by atoms with Crippen LogP contribution in [0.1, 0.15) is 11.1 Å². The predicted molar refractivity (Wildman–Crippen MR) is 140 cm³/mol. The maximum atomic E-state index is 14.4. The second kappa shape index (κ2) is 10.2. The number of halogens is 2. The van der Waals surface area contributed by atoms with Gasteiger partial charge in [0.05, 0.1) is 17.3 Å². The lowest BCUT2D eigenvalue weighted by Crippen LogP contribution is -2.54. The molecule has 0 bridgehead atoms. The van der Waals surface area contributed by atoms with Gasteiger partial charge in [-0.05, 0) is 81.7 Å². The summed E-state index contributed by atoms with van der Waals surface area (Å²) in [5.74, 6) is 0.0203. The number of fused-ring (bicyclic) bond motifs is 1. The number of hydrogen-bond acceptors (Lipinski definition) is 7. The number of rotatable bonds is 6. The maximum absolute atomic E-state index is 14.4. The molecule has 3 aromatic rings. The molecule has 2 aliphatic heterocycles. The molecule has 1 saturated heterocycles. The number of para-hydroxylation sites is 1. The van der Waals surface area contributed by atoms with Crippen molar-refractivity contribution in [2.75, 3.05) is 18.8 Å². The van der Waals surface area contributed by atoms with Gasteiger partial charge in [-0.25, -0.2) is 9.29 Å². The number of nitrogens with one attached hydrogen (secondary N) is 1. The standard InChI is InChI=1S/C26H18BrFN2O6S/c1-33-22-11-15(9-17(27)23(22)34-12-14-6-7-20-21(10-14)36-13-35-20)8-16-24(31)29-26(37)30(25(16)32)19-5-3-2-4-18(19)28/h2-11H,12-13H2,1H3,(H,29,31,37)/b16-8+. The lowest BCUT2D eigenvalue weighted by atomic mass is 10.1. The zero-order valence-electron chi connectivity index (χ0n) is 19.2. The second-order valence-electron chi connectivity index (χ2n) is 7.92. The number of benzene rings is 3. The zero-order valence-corrected chi connectivity index (χ0v) is 21.7. The first-order valence-corrected chi connectivity index (χ1v) is 12.1. The number of thiocarbonyl (C=S) groups is 1. The maximum Gasteiger partial charge on any atom is 0.270 e. The van der Waals surface area contributed by atoms with Crippen molar-refractivity contribution >= 4 is 56.8 Å². The average Bonchev–Trinajstić information content (AvgIpc) is 3.34. The van der Waals surface area contributed by atoms with Crippen LogP contribution in [0, 0.1) is 5.82 Å². The van der Waals surface area contributed by atoms with E-state index < -0.39 is 17.6 Å². The molecule has 3 aromatic carbocycles. The Labute approximate surface area is 224 Å². The van der Waals surface area contributed by atoms with E-state index in [1.807, 2.05) is 18.2 Å². The van der Waals surface area contributed by atoms with Crippen LogP contribution in [0.5, 0.6) is 23.0 Å². The Balaban J connectivity index is 1.42. The molecule has 2 aliphatic rings. The number of anilines is 1. The second-order valence-corrected chi connectivity index (χ2v) is 9.16. The molecule has 5 rings (SSSR count). The topological polar surface area (TPSA) is 86.3 Å². The van der Waals surface area contributed by atoms with Crippen molar-refractivity contribution in [3.05, 3.63) is 81.6 Å². The van der Waals surface area contributed by atoms with Crippen molar-refractivity contribution in [3.8, 4) is 23.0 Å². The van der Waals surface area contributed by atoms with Crippen molar-refractivity contribution in [1.82, 2.24) is 5.32 Å². The van der Waals surface area contributed by atoms with Crippen LogP contribution >= 0.6 is 28.1 Å². The monoisotopic (exact) mass is 584 g/mol. The van der Waals surface area contributed by atoms with Gasteiger partial charge in [0, 0.05) is 0 Å². The summed E-state index contributed by atoms with van der Waals surface area (Å²) in [5, 5.41) is 2.24. The molecule has 0 unspecified atom stereocenters. The van der Waals surface area contributed by atoms with Crippen LogP contribution < -0.4 is 29.2 Å². The molecule has 11 heteroatoms. The number of amides is 2. The number of carbonyl (C=O) groups excluding carboxylic acids is 2. The number of methoxy groups -OCH3 is 1. The molecule has 2 amide bonds. The van der Waals surface area contributed by atoms with Crippen LogP contribution in [0.2, 0.25) is 0 Å². The molecule has 1 N–H and O–H groups in total. The molecule has 37 heavy (non-hydrogen) atoms. The van der Waals surface area contributed by atoms with Gasteiger partial charge < -0.3 is 18.9 Å². The van der Waals surface area contributed by atoms with Crippen molar-refractivity contribution in [2.45, 2.75) is 6.61 Å². The minimum Gasteiger partial charge on any atom is -0.493 e. The fourth-order valence-electron chi connectivity index (χ4n) is 3.83. The Morgan fingerprint density at radius 1 is 1.14 bits per heavy atom. The van der Waals surface area contributed by atoms with E-state index in [4.69, 9.17) is 31.2 Å². The number of hydrogen-bond donors (Lipinski definition) is 1. The third-order valence-electron chi connectivity index (χ3n) is 5.58. The summed E-state index contributed by atoms with van der Waals surface area (Å²) in [6.45, 7) is 0.405. The summed E-state index contributed by atoms with van der Waals surface area (Å²) in [4.78, 5) is 26.8. The van der Waals surface area contributed by atoms with Crippen molar-refractivity contribution < 1.29 is 32.9 Å². The van der Waals surface area contributed by atoms with Gasteiger partial charge in [-0.2, -0.15) is 0 Å². The van der Waals surface area contributed by atoms with E-state index in [1.165, 1.54) is 31.4 Å². The van der Waals surface area contributed by atoms with Crippen molar-refractivity contribution in [3.63, 3.8) is 0 Å². The van der Waals surface area contributed by atoms with Crippen LogP contribution in [-0.4, -0.2) is 30.8 Å². The summed E-state index contributed by atoms with van der Waals surface area (Å²) in [5.41, 5.74) is 1.05. The van der Waals surface area contributed by atoms with Gasteiger partial charge in [0.25, 0.3) is 11.8 Å². The van der Waals surface area contributed by atoms with E-state index in [9.17, 15) is 14.0 Å². The van der Waals surface area contributed by atoms with E-state index >= 15 is 0 Å². The molecule has 2 heterocycles. The molecule has 0 saturated carbocycles. The summed E-state index contributed by atoms with van der Waals surface area (Å²) in [7, 11) is 1.48. The van der Waals surface area contributed by atoms with Crippen LogP contribution in [0.15, 0.2) is 64.6 Å². The van der Waals surface area contributed by atoms with E-state index in [2.05, 4.69) is 21.2 Å². The van der Waals surface area contributed by atoms with Crippen LogP contribution in [0.25, 0.3) is 6.08 Å². The minimum atomic E-state index is -0.753. The van der Waals surface area contributed by atoms with Crippen molar-refractivity contribution in [1.29, 1.82) is 0 Å². The lowest BCUT2D eigenvalue weighted by Gasteiger charge is -2.29. The highest BCUT2D eigenvalue weighted by atomic mass is 79.9. The Morgan fingerprint density at radius 3 is 2.70 bits per heavy atom. The first kappa shape index (κ1) is 24.7. The van der Waals surface area contributed by atoms with E-state index in [-0.39, 0.29) is 29.8 Å². The van der Waals surface area contributed by atoms with Gasteiger partial charge in [-0.3, -0.25) is 14.9 Å². The molecule has 8 nitrogen and oxygen atoms in total. The van der Waals surface area contributed by atoms with E-state index in [1.54, 1.807) is 18.2 Å². The first-order valence-electron chi connectivity index (χ1n) is 10.9. The Bertz CT molecular complexity index is 1480. The van der Waals surface area contributed by atoms with Gasteiger partial charge in [-0.15, -0.1) is 0 Å². The molecule has 1 fully saturated rings. The summed E-state index contributed by atoms with van der Waals surface area (Å²) in [6, 6.07) is 14.5. The van der Waals surface area contributed by atoms with Crippen LogP contribution in [-0.2, 0) is 16.2 Å². The minimum absolute atomic E-state index is 0.0607. The number of ether oxygens (including phenoxy) is 4. The SMILES string of the molecule is COc1cc(/C=C2\C(=O)NC(=S)N(c3ccccc3F)C2=O)cc(Br)c1OCc1ccc2c(c1)OCO2. The zero-order chi connectivity index (χ0) is 26.1. The highest BCUT2D eigenvalue weighted by Crippen LogP contribution is 2.39. The third kappa shape index (κ3) is 4.87. The molecular weight excluding hydrogens is 567 g/mol. The first-order chi connectivity index (χ1) is 17.9. The van der Waals surface area contributed by atoms with Crippen LogP contribution in [0.4, 0.5) is 10.1 Å². The third-order valence-corrected chi connectivity index (χ3v) is 6.45. The average molecular weight is 585 g/mol. The van der Waals surface area contributed by atoms with Gasteiger partial charge in [0.2, 0.25) is 6.79 Å². The number of carbonyl (C=O) groups is 2. The smallest absolute Gasteiger partial charge is 0.270 e. The van der Waals surface area contributed by atoms with Crippen LogP contribution in [0.3, 0.4) is 0 Å². The molecule has 0 aliphatic carbocycles. The van der Waals surface area contributed by atoms with E-state index in [0.717, 1.165) is 10.5 Å².